The van der Waals surface area contributed by atoms with Gasteiger partial charge in [0.05, 0.1) is 24.5 Å². The van der Waals surface area contributed by atoms with E-state index in [1.807, 2.05) is 0 Å². The van der Waals surface area contributed by atoms with Gasteiger partial charge in [0.1, 0.15) is 23.8 Å². The molecule has 6 rings (SSSR count). The van der Waals surface area contributed by atoms with E-state index in [2.05, 4.69) is 20.4 Å². The van der Waals surface area contributed by atoms with E-state index in [1.165, 1.54) is 34.7 Å². The van der Waals surface area contributed by atoms with Crippen LogP contribution in [0.3, 0.4) is 0 Å². The molecule has 1 fully saturated rings. The maximum Gasteiger partial charge on any atom is 0.419 e. The number of fused-ring (bicyclic) bond motifs is 1. The minimum absolute atomic E-state index is 0.00573. The Morgan fingerprint density at radius 2 is 1.90 bits per heavy atom. The maximum atomic E-state index is 14.4. The summed E-state index contributed by atoms with van der Waals surface area (Å²) in [6, 6.07) is 4.14. The number of amides is 2. The summed E-state index contributed by atoms with van der Waals surface area (Å²) in [5.41, 5.74) is -0.717. The molecule has 49 heavy (non-hydrogen) atoms. The van der Waals surface area contributed by atoms with Crippen LogP contribution >= 0.6 is 0 Å². The van der Waals surface area contributed by atoms with Crippen LogP contribution < -0.4 is 15.8 Å². The van der Waals surface area contributed by atoms with E-state index in [9.17, 15) is 37.1 Å². The Balaban J connectivity index is 1.36. The molecule has 2 N–H and O–H groups in total. The molecular formula is C32H32F4N8O5. The van der Waals surface area contributed by atoms with Crippen LogP contribution in [-0.4, -0.2) is 85.4 Å². The zero-order chi connectivity index (χ0) is 35.0. The van der Waals surface area contributed by atoms with Gasteiger partial charge in [0, 0.05) is 38.1 Å². The fourth-order valence-corrected chi connectivity index (χ4v) is 6.01. The van der Waals surface area contributed by atoms with Crippen molar-refractivity contribution in [2.24, 2.45) is 0 Å². The van der Waals surface area contributed by atoms with Crippen LogP contribution in [0.25, 0.3) is 11.4 Å². The van der Waals surface area contributed by atoms with Crippen molar-refractivity contribution < 1.29 is 37.0 Å². The number of hydrogen-bond donors (Lipinski definition) is 2. The number of benzene rings is 1. The molecule has 0 aliphatic carbocycles. The van der Waals surface area contributed by atoms with Crippen LogP contribution in [0.5, 0.6) is 5.75 Å². The quantitative estimate of drug-likeness (QED) is 0.280. The molecule has 4 aromatic rings. The van der Waals surface area contributed by atoms with Gasteiger partial charge in [-0.15, -0.1) is 5.10 Å². The number of piperazine rings is 1. The van der Waals surface area contributed by atoms with Crippen LogP contribution in [0, 0.1) is 12.7 Å². The number of aryl methyl sites for hydroxylation is 1. The Bertz CT molecular complexity index is 2030. The molecule has 2 amide bonds. The third kappa shape index (κ3) is 6.57. The van der Waals surface area contributed by atoms with E-state index in [0.29, 0.717) is 37.5 Å². The summed E-state index contributed by atoms with van der Waals surface area (Å²) in [4.78, 5) is 52.6. The van der Waals surface area contributed by atoms with Crippen molar-refractivity contribution in [2.45, 2.75) is 39.4 Å². The molecule has 17 heteroatoms. The number of nitrogens with one attached hydrogen (secondary N) is 1. The van der Waals surface area contributed by atoms with Crippen molar-refractivity contribution in [3.05, 3.63) is 81.0 Å². The average Bonchev–Trinajstić information content (AvgIpc) is 3.53. The molecule has 2 aliphatic heterocycles. The molecule has 0 spiro atoms. The second kappa shape index (κ2) is 13.3. The fourth-order valence-electron chi connectivity index (χ4n) is 6.01. The summed E-state index contributed by atoms with van der Waals surface area (Å²) in [6.45, 7) is 4.31. The summed E-state index contributed by atoms with van der Waals surface area (Å²) >= 11 is 0. The van der Waals surface area contributed by atoms with Gasteiger partial charge in [-0.2, -0.15) is 22.7 Å². The van der Waals surface area contributed by atoms with Crippen molar-refractivity contribution in [1.29, 1.82) is 0 Å². The first-order valence-electron chi connectivity index (χ1n) is 15.5. The lowest BCUT2D eigenvalue weighted by molar-refractivity contribution is -0.140. The highest BCUT2D eigenvalue weighted by atomic mass is 19.4. The highest BCUT2D eigenvalue weighted by Gasteiger charge is 2.35. The van der Waals surface area contributed by atoms with Crippen molar-refractivity contribution in [1.82, 2.24) is 29.0 Å². The van der Waals surface area contributed by atoms with Gasteiger partial charge >= 0.3 is 6.18 Å². The van der Waals surface area contributed by atoms with E-state index >= 15 is 0 Å². The van der Waals surface area contributed by atoms with Gasteiger partial charge in [0.2, 0.25) is 11.7 Å². The number of ether oxygens (including phenoxy) is 1. The van der Waals surface area contributed by atoms with E-state index in [-0.39, 0.29) is 72.6 Å². The molecule has 0 atom stereocenters. The number of carbonyl (C=O) groups is 2. The Labute approximate surface area is 276 Å². The number of anilines is 2. The molecule has 1 aromatic carbocycles. The van der Waals surface area contributed by atoms with Gasteiger partial charge in [-0.3, -0.25) is 14.4 Å². The monoisotopic (exact) mass is 684 g/mol. The van der Waals surface area contributed by atoms with Crippen molar-refractivity contribution in [3.63, 3.8) is 0 Å². The van der Waals surface area contributed by atoms with E-state index in [1.54, 1.807) is 17.9 Å². The predicted molar refractivity (Wildman–Crippen MR) is 169 cm³/mol. The first-order valence-corrected chi connectivity index (χ1v) is 15.5. The van der Waals surface area contributed by atoms with Gasteiger partial charge in [0.15, 0.2) is 11.5 Å². The summed E-state index contributed by atoms with van der Waals surface area (Å²) in [5, 5.41) is 17.1. The Hall–Kier alpha value is -5.32. The third-order valence-corrected chi connectivity index (χ3v) is 8.48. The molecule has 13 nitrogen and oxygen atoms in total. The summed E-state index contributed by atoms with van der Waals surface area (Å²) in [6.07, 6.45) is -0.932. The molecule has 0 unspecified atom stereocenters. The lowest BCUT2D eigenvalue weighted by Crippen LogP contribution is -2.51. The van der Waals surface area contributed by atoms with Crippen molar-refractivity contribution in [3.8, 4) is 5.75 Å². The molecule has 0 bridgehead atoms. The number of rotatable bonds is 7. The lowest BCUT2D eigenvalue weighted by Gasteiger charge is -2.36. The lowest BCUT2D eigenvalue weighted by atomic mass is 10.1. The second-order valence-electron chi connectivity index (χ2n) is 11.6. The standard InChI is InChI=1S/C32H32F4N8O5/c1-3-23-27(41-9-11-42(12-10-41)29(47)26-24(45)5-4-8-37-26)30(48)44-31(39-28(40-44)19-6-13-49-14-7-19)43(23)17-25(46)38-22-16-21(33)20(15-18(22)2)32(34,35)36/h4-6,8,15-16,45H,3,7,9-14,17H2,1-2H3,(H,38,46). The number of alkyl halides is 3. The van der Waals surface area contributed by atoms with Gasteiger partial charge in [0.25, 0.3) is 11.5 Å². The third-order valence-electron chi connectivity index (χ3n) is 8.48. The van der Waals surface area contributed by atoms with Crippen LogP contribution in [0.2, 0.25) is 0 Å². The zero-order valence-corrected chi connectivity index (χ0v) is 26.6. The number of hydrogen-bond acceptors (Lipinski definition) is 9. The number of nitrogens with zero attached hydrogens (tertiary/aromatic N) is 7. The molecule has 0 saturated carbocycles. The topological polar surface area (TPSA) is 147 Å². The predicted octanol–water partition coefficient (Wildman–Crippen LogP) is 3.43. The molecular weight excluding hydrogens is 652 g/mol. The van der Waals surface area contributed by atoms with Crippen LogP contribution in [0.4, 0.5) is 28.9 Å². The Morgan fingerprint density at radius 3 is 2.55 bits per heavy atom. The fraction of sp³-hybridized carbons (Fsp3) is 0.375. The second-order valence-corrected chi connectivity index (χ2v) is 11.6. The number of carbonyl (C=O) groups excluding carboxylic acids is 2. The van der Waals surface area contributed by atoms with Crippen molar-refractivity contribution in [2.75, 3.05) is 49.6 Å². The Kier molecular flexibility index (Phi) is 9.11. The van der Waals surface area contributed by atoms with Crippen LogP contribution in [0.15, 0.2) is 41.3 Å². The van der Waals surface area contributed by atoms with Crippen LogP contribution in [-0.2, 0) is 28.7 Å². The van der Waals surface area contributed by atoms with Gasteiger partial charge in [-0.05, 0) is 55.2 Å². The normalized spacial score (nSPS) is 15.4. The zero-order valence-electron chi connectivity index (χ0n) is 26.6. The molecule has 5 heterocycles. The summed E-state index contributed by atoms with van der Waals surface area (Å²) < 4.78 is 62.1. The molecule has 0 radical (unpaired) electrons. The van der Waals surface area contributed by atoms with Gasteiger partial charge in [-0.25, -0.2) is 9.37 Å². The minimum atomic E-state index is -4.91. The average molecular weight is 685 g/mol. The largest absolute Gasteiger partial charge is 0.505 e. The van der Waals surface area contributed by atoms with Gasteiger partial charge < -0.3 is 29.5 Å². The molecule has 258 valence electrons. The van der Waals surface area contributed by atoms with E-state index in [4.69, 9.17) is 4.74 Å². The van der Waals surface area contributed by atoms with Crippen LogP contribution in [0.1, 0.15) is 46.5 Å². The van der Waals surface area contributed by atoms with E-state index < -0.39 is 41.5 Å². The first-order chi connectivity index (χ1) is 23.4. The summed E-state index contributed by atoms with van der Waals surface area (Å²) in [7, 11) is 0. The van der Waals surface area contributed by atoms with Crippen molar-refractivity contribution >= 4 is 34.5 Å². The Morgan fingerprint density at radius 1 is 1.14 bits per heavy atom. The highest BCUT2D eigenvalue weighted by molar-refractivity contribution is 5.95. The maximum absolute atomic E-state index is 14.4. The smallest absolute Gasteiger partial charge is 0.419 e. The highest BCUT2D eigenvalue weighted by Crippen LogP contribution is 2.34. The number of pyridine rings is 1. The number of aromatic nitrogens is 5. The molecule has 1 saturated heterocycles. The SMILES string of the molecule is CCc1c(N2CCN(C(=O)c3ncccc3O)CC2)c(=O)n2nc(C3=CCOCC3)nc2n1CC(=O)Nc1cc(F)c(C(F)(F)F)cc1C. The number of halogens is 4. The number of aromatic hydroxyl groups is 1. The molecule has 3 aromatic heterocycles. The van der Waals surface area contributed by atoms with E-state index in [0.717, 1.165) is 10.1 Å². The summed E-state index contributed by atoms with van der Waals surface area (Å²) in [5.74, 6) is -2.59. The first kappa shape index (κ1) is 33.6. The molecule has 2 aliphatic rings. The van der Waals surface area contributed by atoms with Gasteiger partial charge in [-0.1, -0.05) is 13.0 Å². The minimum Gasteiger partial charge on any atom is -0.505 e.